The highest BCUT2D eigenvalue weighted by Gasteiger charge is 2.26. The molecule has 27 heavy (non-hydrogen) atoms. The third-order valence-electron chi connectivity index (χ3n) is 5.60. The van der Waals surface area contributed by atoms with E-state index in [1.54, 1.807) is 18.4 Å². The Labute approximate surface area is 180 Å². The second kappa shape index (κ2) is 11.9. The first-order valence-corrected chi connectivity index (χ1v) is 10.3. The van der Waals surface area contributed by atoms with Crippen LogP contribution in [0.5, 0.6) is 0 Å². The summed E-state index contributed by atoms with van der Waals surface area (Å²) >= 11 is 0. The number of likely N-dealkylation sites (tertiary alicyclic amines) is 1. The lowest BCUT2D eigenvalue weighted by molar-refractivity contribution is 0.119. The van der Waals surface area contributed by atoms with E-state index >= 15 is 0 Å². The van der Waals surface area contributed by atoms with Crippen LogP contribution < -0.4 is 10.6 Å². The molecule has 1 saturated heterocycles. The van der Waals surface area contributed by atoms with E-state index < -0.39 is 6.10 Å². The number of rotatable bonds is 6. The van der Waals surface area contributed by atoms with Gasteiger partial charge in [0.2, 0.25) is 0 Å². The van der Waals surface area contributed by atoms with Gasteiger partial charge in [-0.15, -0.1) is 24.0 Å². The minimum atomic E-state index is -0.700. The first-order chi connectivity index (χ1) is 12.8. The second-order valence-electron chi connectivity index (χ2n) is 7.50. The van der Waals surface area contributed by atoms with E-state index in [1.165, 1.54) is 45.2 Å². The highest BCUT2D eigenvalue weighted by Crippen LogP contribution is 2.25. The van der Waals surface area contributed by atoms with Gasteiger partial charge in [-0.1, -0.05) is 19.3 Å². The monoisotopic (exact) mass is 490 g/mol. The molecule has 154 valence electrons. The molecule has 0 spiro atoms. The molecule has 7 heteroatoms. The van der Waals surface area contributed by atoms with E-state index in [4.69, 9.17) is 4.42 Å². The van der Waals surface area contributed by atoms with Crippen LogP contribution in [0.25, 0.3) is 0 Å². The number of halogens is 1. The summed E-state index contributed by atoms with van der Waals surface area (Å²) < 4.78 is 5.24. The van der Waals surface area contributed by atoms with Gasteiger partial charge >= 0.3 is 0 Å². The Balaban J connectivity index is 0.00000261. The lowest BCUT2D eigenvalue weighted by Crippen LogP contribution is -2.51. The van der Waals surface area contributed by atoms with Crippen LogP contribution in [-0.4, -0.2) is 54.2 Å². The van der Waals surface area contributed by atoms with Gasteiger partial charge in [0.15, 0.2) is 5.96 Å². The smallest absolute Gasteiger partial charge is 0.191 e. The van der Waals surface area contributed by atoms with E-state index in [0.717, 1.165) is 31.4 Å². The number of furan rings is 1. The molecule has 1 aliphatic heterocycles. The number of piperidine rings is 1. The van der Waals surface area contributed by atoms with Gasteiger partial charge in [-0.05, 0) is 44.7 Å². The minimum Gasteiger partial charge on any atom is -0.467 e. The van der Waals surface area contributed by atoms with Crippen molar-refractivity contribution in [2.45, 2.75) is 70.1 Å². The van der Waals surface area contributed by atoms with Crippen molar-refractivity contribution in [2.24, 2.45) is 4.99 Å². The van der Waals surface area contributed by atoms with Crippen LogP contribution in [0.4, 0.5) is 0 Å². The maximum atomic E-state index is 10.1. The van der Waals surface area contributed by atoms with Crippen molar-refractivity contribution in [3.63, 3.8) is 0 Å². The number of nitrogens with zero attached hydrogens (tertiary/aromatic N) is 2. The molecule has 0 aromatic carbocycles. The lowest BCUT2D eigenvalue weighted by Gasteiger charge is -2.39. The molecule has 0 bridgehead atoms. The number of nitrogens with one attached hydrogen (secondary N) is 2. The predicted molar refractivity (Wildman–Crippen MR) is 120 cm³/mol. The standard InChI is InChI=1S/C20H34N4O2.HI/c1-2-21-20(22-15-18(25)19-9-6-14-26-19)23-16-10-12-24(13-11-16)17-7-4-3-5-8-17;/h6,9,14,16-18,25H,2-5,7-8,10-13,15H2,1H3,(H2,21,22,23);1H. The van der Waals surface area contributed by atoms with E-state index in [-0.39, 0.29) is 24.0 Å². The Bertz CT molecular complexity index is 538. The molecule has 0 radical (unpaired) electrons. The molecular formula is C20H35IN4O2. The third-order valence-corrected chi connectivity index (χ3v) is 5.60. The Kier molecular flexibility index (Phi) is 9.92. The quantitative estimate of drug-likeness (QED) is 0.324. The van der Waals surface area contributed by atoms with Gasteiger partial charge in [-0.2, -0.15) is 0 Å². The zero-order valence-electron chi connectivity index (χ0n) is 16.4. The van der Waals surface area contributed by atoms with E-state index in [9.17, 15) is 5.11 Å². The largest absolute Gasteiger partial charge is 0.467 e. The zero-order valence-corrected chi connectivity index (χ0v) is 18.7. The van der Waals surface area contributed by atoms with E-state index in [2.05, 4.69) is 27.4 Å². The van der Waals surface area contributed by atoms with Gasteiger partial charge in [-0.25, -0.2) is 0 Å². The number of hydrogen-bond donors (Lipinski definition) is 3. The molecule has 3 N–H and O–H groups in total. The Morgan fingerprint density at radius 3 is 2.63 bits per heavy atom. The third kappa shape index (κ3) is 6.94. The van der Waals surface area contributed by atoms with Gasteiger partial charge in [0.1, 0.15) is 11.9 Å². The zero-order chi connectivity index (χ0) is 18.2. The molecule has 2 fully saturated rings. The molecule has 3 rings (SSSR count). The summed E-state index contributed by atoms with van der Waals surface area (Å²) in [6.07, 6.45) is 10.2. The number of hydrogen-bond acceptors (Lipinski definition) is 4. The summed E-state index contributed by atoms with van der Waals surface area (Å²) in [5, 5.41) is 17.0. The van der Waals surface area contributed by atoms with Gasteiger partial charge in [-0.3, -0.25) is 4.99 Å². The molecule has 2 heterocycles. The van der Waals surface area contributed by atoms with Gasteiger partial charge in [0.05, 0.1) is 12.8 Å². The molecule has 6 nitrogen and oxygen atoms in total. The summed E-state index contributed by atoms with van der Waals surface area (Å²) in [7, 11) is 0. The second-order valence-corrected chi connectivity index (χ2v) is 7.50. The lowest BCUT2D eigenvalue weighted by atomic mass is 9.92. The van der Waals surface area contributed by atoms with Crippen molar-refractivity contribution in [3.05, 3.63) is 24.2 Å². The maximum Gasteiger partial charge on any atom is 0.191 e. The molecule has 1 unspecified atom stereocenters. The first kappa shape index (κ1) is 22.5. The van der Waals surface area contributed by atoms with Gasteiger partial charge in [0, 0.05) is 31.7 Å². The average Bonchev–Trinajstić information content (AvgIpc) is 3.22. The number of aliphatic hydroxyl groups is 1. The normalized spacial score (nSPS) is 21.5. The summed E-state index contributed by atoms with van der Waals surface area (Å²) in [4.78, 5) is 7.24. The summed E-state index contributed by atoms with van der Waals surface area (Å²) in [6, 6.07) is 4.83. The fourth-order valence-corrected chi connectivity index (χ4v) is 4.12. The van der Waals surface area contributed by atoms with Crippen molar-refractivity contribution in [1.29, 1.82) is 0 Å². The minimum absolute atomic E-state index is 0. The highest BCUT2D eigenvalue weighted by atomic mass is 127. The molecular weight excluding hydrogens is 455 g/mol. The van der Waals surface area contributed by atoms with Crippen LogP contribution >= 0.6 is 24.0 Å². The van der Waals surface area contributed by atoms with Crippen molar-refractivity contribution in [3.8, 4) is 0 Å². The van der Waals surface area contributed by atoms with Crippen LogP contribution in [0.2, 0.25) is 0 Å². The molecule has 0 amide bonds. The Morgan fingerprint density at radius 1 is 1.26 bits per heavy atom. The van der Waals surface area contributed by atoms with Crippen LogP contribution in [0.3, 0.4) is 0 Å². The molecule has 1 aromatic heterocycles. The van der Waals surface area contributed by atoms with Crippen molar-refractivity contribution in [1.82, 2.24) is 15.5 Å². The van der Waals surface area contributed by atoms with E-state index in [0.29, 0.717) is 18.3 Å². The predicted octanol–water partition coefficient (Wildman–Crippen LogP) is 3.28. The van der Waals surface area contributed by atoms with Crippen LogP contribution in [0, 0.1) is 0 Å². The fraction of sp³-hybridized carbons (Fsp3) is 0.750. The number of guanidine groups is 1. The van der Waals surface area contributed by atoms with E-state index in [1.807, 2.05) is 0 Å². The molecule has 1 aliphatic carbocycles. The molecule has 2 aliphatic rings. The Hall–Kier alpha value is -0.800. The first-order valence-electron chi connectivity index (χ1n) is 10.3. The molecule has 1 aromatic rings. The molecule has 1 atom stereocenters. The van der Waals surface area contributed by atoms with Gasteiger partial charge in [0.25, 0.3) is 0 Å². The van der Waals surface area contributed by atoms with Crippen molar-refractivity contribution >= 4 is 29.9 Å². The van der Waals surface area contributed by atoms with Crippen LogP contribution in [-0.2, 0) is 0 Å². The highest BCUT2D eigenvalue weighted by molar-refractivity contribution is 14.0. The average molecular weight is 490 g/mol. The Morgan fingerprint density at radius 2 is 2.00 bits per heavy atom. The summed E-state index contributed by atoms with van der Waals surface area (Å²) in [5.41, 5.74) is 0. The fourth-order valence-electron chi connectivity index (χ4n) is 4.12. The number of aliphatic imine (C=N–C) groups is 1. The topological polar surface area (TPSA) is 73.0 Å². The van der Waals surface area contributed by atoms with Crippen LogP contribution in [0.1, 0.15) is 63.7 Å². The van der Waals surface area contributed by atoms with Crippen molar-refractivity contribution in [2.75, 3.05) is 26.2 Å². The number of aliphatic hydroxyl groups excluding tert-OH is 1. The van der Waals surface area contributed by atoms with Crippen molar-refractivity contribution < 1.29 is 9.52 Å². The summed E-state index contributed by atoms with van der Waals surface area (Å²) in [5.74, 6) is 1.35. The molecule has 1 saturated carbocycles. The maximum absolute atomic E-state index is 10.1. The van der Waals surface area contributed by atoms with Gasteiger partial charge < -0.3 is 25.1 Å². The SMILES string of the molecule is CCNC(=NCC(O)c1ccco1)NC1CCN(C2CCCCC2)CC1.I. The summed E-state index contributed by atoms with van der Waals surface area (Å²) in [6.45, 7) is 5.52. The van der Waals surface area contributed by atoms with Crippen LogP contribution in [0.15, 0.2) is 27.8 Å².